The van der Waals surface area contributed by atoms with Gasteiger partial charge < -0.3 is 15.4 Å². The molecule has 0 saturated carbocycles. The summed E-state index contributed by atoms with van der Waals surface area (Å²) in [5.41, 5.74) is 6.72. The molecule has 0 aliphatic carbocycles. The van der Waals surface area contributed by atoms with Crippen LogP contribution in [0.25, 0.3) is 0 Å². The van der Waals surface area contributed by atoms with Crippen LogP contribution in [0, 0.1) is 0 Å². The second kappa shape index (κ2) is 8.18. The van der Waals surface area contributed by atoms with Gasteiger partial charge in [0.15, 0.2) is 0 Å². The van der Waals surface area contributed by atoms with Crippen LogP contribution in [0.5, 0.6) is 5.75 Å². The highest BCUT2D eigenvalue weighted by Gasteiger charge is 2.08. The molecule has 1 aliphatic rings. The van der Waals surface area contributed by atoms with Crippen molar-refractivity contribution >= 4 is 0 Å². The predicted octanol–water partition coefficient (Wildman–Crippen LogP) is 2.79. The van der Waals surface area contributed by atoms with E-state index in [2.05, 4.69) is 4.90 Å². The Morgan fingerprint density at radius 1 is 1.00 bits per heavy atom. The van der Waals surface area contributed by atoms with Crippen LogP contribution < -0.4 is 10.5 Å². The molecule has 2 N–H and O–H groups in total. The van der Waals surface area contributed by atoms with Gasteiger partial charge in [-0.15, -0.1) is 0 Å². The summed E-state index contributed by atoms with van der Waals surface area (Å²) in [7, 11) is 0. The van der Waals surface area contributed by atoms with Crippen LogP contribution in [0.15, 0.2) is 24.3 Å². The van der Waals surface area contributed by atoms with Crippen molar-refractivity contribution in [3.8, 4) is 5.75 Å². The summed E-state index contributed by atoms with van der Waals surface area (Å²) in [6.07, 6.45) is 6.64. The van der Waals surface area contributed by atoms with Crippen molar-refractivity contribution in [2.45, 2.75) is 38.6 Å². The minimum atomic E-state index is 0.592. The van der Waals surface area contributed by atoms with E-state index in [0.717, 1.165) is 24.3 Å². The van der Waals surface area contributed by atoms with Crippen molar-refractivity contribution in [3.63, 3.8) is 0 Å². The number of rotatable bonds is 6. The van der Waals surface area contributed by atoms with Crippen molar-refractivity contribution in [3.05, 3.63) is 29.8 Å². The van der Waals surface area contributed by atoms with Gasteiger partial charge in [0.05, 0.1) is 6.61 Å². The fraction of sp³-hybridized carbons (Fsp3) is 0.625. The average Bonchev–Trinajstić information content (AvgIpc) is 2.73. The average molecular weight is 262 g/mol. The van der Waals surface area contributed by atoms with E-state index in [1.54, 1.807) is 0 Å². The molecule has 1 aromatic rings. The monoisotopic (exact) mass is 262 g/mol. The van der Waals surface area contributed by atoms with E-state index in [1.807, 2.05) is 24.3 Å². The van der Waals surface area contributed by atoms with Crippen molar-refractivity contribution in [2.24, 2.45) is 5.73 Å². The van der Waals surface area contributed by atoms with Crippen molar-refractivity contribution < 1.29 is 4.74 Å². The van der Waals surface area contributed by atoms with Crippen LogP contribution in [0.2, 0.25) is 0 Å². The molecule has 1 heterocycles. The SMILES string of the molecule is NCc1ccc(OCCCN2CCCCCC2)cc1. The normalized spacial score (nSPS) is 17.1. The Morgan fingerprint density at radius 3 is 2.32 bits per heavy atom. The zero-order chi connectivity index (χ0) is 13.3. The van der Waals surface area contributed by atoms with Crippen LogP contribution >= 0.6 is 0 Å². The molecular weight excluding hydrogens is 236 g/mol. The fourth-order valence-corrected chi connectivity index (χ4v) is 2.56. The van der Waals surface area contributed by atoms with Gasteiger partial charge >= 0.3 is 0 Å². The first-order chi connectivity index (χ1) is 9.38. The number of nitrogens with two attached hydrogens (primary N) is 1. The third kappa shape index (κ3) is 5.21. The third-order valence-electron chi connectivity index (χ3n) is 3.75. The Hall–Kier alpha value is -1.06. The zero-order valence-electron chi connectivity index (χ0n) is 11.8. The van der Waals surface area contributed by atoms with Crippen LogP contribution in [-0.2, 0) is 6.54 Å². The minimum Gasteiger partial charge on any atom is -0.494 e. The summed E-state index contributed by atoms with van der Waals surface area (Å²) >= 11 is 0. The molecule has 0 spiro atoms. The molecular formula is C16H26N2O. The van der Waals surface area contributed by atoms with E-state index in [1.165, 1.54) is 45.3 Å². The maximum absolute atomic E-state index is 5.76. The van der Waals surface area contributed by atoms with E-state index in [0.29, 0.717) is 6.54 Å². The van der Waals surface area contributed by atoms with Gasteiger partial charge in [0, 0.05) is 13.1 Å². The second-order valence-corrected chi connectivity index (χ2v) is 5.31. The lowest BCUT2D eigenvalue weighted by molar-refractivity contribution is 0.240. The highest BCUT2D eigenvalue weighted by atomic mass is 16.5. The summed E-state index contributed by atoms with van der Waals surface area (Å²) in [5, 5.41) is 0. The maximum atomic E-state index is 5.76. The number of hydrogen-bond donors (Lipinski definition) is 1. The van der Waals surface area contributed by atoms with Gasteiger partial charge in [0.25, 0.3) is 0 Å². The molecule has 3 heteroatoms. The Bertz CT molecular complexity index is 342. The summed E-state index contributed by atoms with van der Waals surface area (Å²) in [6.45, 7) is 5.10. The smallest absolute Gasteiger partial charge is 0.119 e. The number of likely N-dealkylation sites (tertiary alicyclic amines) is 1. The first kappa shape index (κ1) is 14.4. The van der Waals surface area contributed by atoms with Crippen LogP contribution in [0.3, 0.4) is 0 Å². The Balaban J connectivity index is 1.62. The van der Waals surface area contributed by atoms with Gasteiger partial charge in [0.2, 0.25) is 0 Å². The van der Waals surface area contributed by atoms with Crippen molar-refractivity contribution in [1.29, 1.82) is 0 Å². The molecule has 0 atom stereocenters. The van der Waals surface area contributed by atoms with Crippen LogP contribution in [0.1, 0.15) is 37.7 Å². The molecule has 0 amide bonds. The van der Waals surface area contributed by atoms with Crippen molar-refractivity contribution in [2.75, 3.05) is 26.2 Å². The van der Waals surface area contributed by atoms with Gasteiger partial charge in [-0.1, -0.05) is 25.0 Å². The molecule has 0 bridgehead atoms. The summed E-state index contributed by atoms with van der Waals surface area (Å²) in [5.74, 6) is 0.952. The molecule has 106 valence electrons. The standard InChI is InChI=1S/C16H26N2O/c17-14-15-6-8-16(9-7-15)19-13-5-12-18-10-3-1-2-4-11-18/h6-9H,1-5,10-14,17H2. The Kier molecular flexibility index (Phi) is 6.18. The zero-order valence-corrected chi connectivity index (χ0v) is 11.8. The molecule has 0 radical (unpaired) electrons. The largest absolute Gasteiger partial charge is 0.494 e. The summed E-state index contributed by atoms with van der Waals surface area (Å²) in [4.78, 5) is 2.58. The van der Waals surface area contributed by atoms with Crippen molar-refractivity contribution in [1.82, 2.24) is 4.90 Å². The van der Waals surface area contributed by atoms with E-state index in [9.17, 15) is 0 Å². The van der Waals surface area contributed by atoms with Crippen LogP contribution in [0.4, 0.5) is 0 Å². The minimum absolute atomic E-state index is 0.592. The lowest BCUT2D eigenvalue weighted by atomic mass is 10.2. The van der Waals surface area contributed by atoms with Gasteiger partial charge in [-0.2, -0.15) is 0 Å². The lowest BCUT2D eigenvalue weighted by Crippen LogP contribution is -2.26. The molecule has 1 aliphatic heterocycles. The van der Waals surface area contributed by atoms with E-state index in [-0.39, 0.29) is 0 Å². The molecule has 2 rings (SSSR count). The summed E-state index contributed by atoms with van der Waals surface area (Å²) < 4.78 is 5.76. The van der Waals surface area contributed by atoms with Crippen LogP contribution in [-0.4, -0.2) is 31.1 Å². The number of hydrogen-bond acceptors (Lipinski definition) is 3. The lowest BCUT2D eigenvalue weighted by Gasteiger charge is -2.19. The van der Waals surface area contributed by atoms with E-state index in [4.69, 9.17) is 10.5 Å². The fourth-order valence-electron chi connectivity index (χ4n) is 2.56. The number of nitrogens with zero attached hydrogens (tertiary/aromatic N) is 1. The second-order valence-electron chi connectivity index (χ2n) is 5.31. The first-order valence-corrected chi connectivity index (χ1v) is 7.52. The summed E-state index contributed by atoms with van der Waals surface area (Å²) in [6, 6.07) is 8.08. The van der Waals surface area contributed by atoms with Gasteiger partial charge in [-0.05, 0) is 50.0 Å². The van der Waals surface area contributed by atoms with Gasteiger partial charge in [-0.3, -0.25) is 0 Å². The van der Waals surface area contributed by atoms with Gasteiger partial charge in [-0.25, -0.2) is 0 Å². The molecule has 1 saturated heterocycles. The van der Waals surface area contributed by atoms with E-state index < -0.39 is 0 Å². The molecule has 0 unspecified atom stereocenters. The molecule has 19 heavy (non-hydrogen) atoms. The molecule has 1 aromatic carbocycles. The maximum Gasteiger partial charge on any atom is 0.119 e. The highest BCUT2D eigenvalue weighted by molar-refractivity contribution is 5.26. The molecule has 1 fully saturated rings. The third-order valence-corrected chi connectivity index (χ3v) is 3.75. The highest BCUT2D eigenvalue weighted by Crippen LogP contribution is 2.13. The quantitative estimate of drug-likeness (QED) is 0.801. The number of ether oxygens (including phenoxy) is 1. The molecule has 0 aromatic heterocycles. The number of benzene rings is 1. The first-order valence-electron chi connectivity index (χ1n) is 7.52. The Labute approximate surface area is 116 Å². The van der Waals surface area contributed by atoms with Gasteiger partial charge in [0.1, 0.15) is 5.75 Å². The predicted molar refractivity (Wildman–Crippen MR) is 79.4 cm³/mol. The van der Waals surface area contributed by atoms with E-state index >= 15 is 0 Å². The Morgan fingerprint density at radius 2 is 1.68 bits per heavy atom. The molecule has 3 nitrogen and oxygen atoms in total. The topological polar surface area (TPSA) is 38.5 Å².